The number of fused-ring (bicyclic) bond motifs is 2. The average Bonchev–Trinajstić information content (AvgIpc) is 0.669. The van der Waals surface area contributed by atoms with Gasteiger partial charge in [0.1, 0.15) is 46.0 Å². The maximum absolute atomic E-state index is 16.9. The molecule has 0 fully saturated rings. The molecule has 0 unspecified atom stereocenters. The quantitative estimate of drug-likeness (QED) is 0.0344. The number of anilines is 2. The Morgan fingerprint density at radius 1 is 0.226 bits per heavy atom. The first-order valence-corrected chi connectivity index (χ1v) is 34.4. The largest absolute Gasteiger partial charge is 0.456 e. The molecule has 0 aliphatic carbocycles. The molecular weight excluding hydrogens is 1330 g/mol. The van der Waals surface area contributed by atoms with Crippen LogP contribution in [0, 0.1) is 27.7 Å². The Kier molecular flexibility index (Phi) is 16.0. The molecule has 4 amide bonds. The standard InChI is InChI=1S/C92H58N2O12/c1-51-27-17-21-43-67(51)103-71-47-63-75-64(90(100)93(89(63)99)83-59(85(95)55-31-9-5-10-32-55)39-25-40-60(83)86(96)56-33-11-6-12-34-56)49-73(105-69-45-23-19-29-53(69)3)79-80-74(106-70-46-24-20-30-54(70)4)50-66-76-65(48-72(78(82(76)80)77(71)81(75)79)104-68-44-22-18-28-52(68)2)91(101)94(92(66)102)84-61(87(97)57-35-13-7-14-36-57)41-26-42-62(84)88(98)58-37-15-8-16-38-58/h5-50H,1-4H3. The normalized spacial score (nSPS) is 12.5. The van der Waals surface area contributed by atoms with Gasteiger partial charge in [0, 0.05) is 87.6 Å². The van der Waals surface area contributed by atoms with Crippen molar-refractivity contribution >= 4 is 101 Å². The molecule has 15 aromatic carbocycles. The zero-order valence-corrected chi connectivity index (χ0v) is 57.4. The third kappa shape index (κ3) is 10.6. The van der Waals surface area contributed by atoms with E-state index in [2.05, 4.69) is 0 Å². The van der Waals surface area contributed by atoms with E-state index >= 15 is 38.4 Å². The second-order valence-electron chi connectivity index (χ2n) is 26.2. The number of aryl methyl sites for hydroxylation is 4. The molecule has 0 saturated carbocycles. The van der Waals surface area contributed by atoms with Crippen molar-refractivity contribution in [2.45, 2.75) is 27.7 Å². The van der Waals surface area contributed by atoms with E-state index in [4.69, 9.17) is 18.9 Å². The van der Waals surface area contributed by atoms with E-state index < -0.39 is 46.8 Å². The topological polar surface area (TPSA) is 180 Å². The highest BCUT2D eigenvalue weighted by Gasteiger charge is 2.45. The second-order valence-corrected chi connectivity index (χ2v) is 26.2. The molecule has 15 aromatic rings. The minimum Gasteiger partial charge on any atom is -0.456 e. The number of carbonyl (C=O) groups excluding carboxylic acids is 8. The van der Waals surface area contributed by atoms with Gasteiger partial charge in [0.2, 0.25) is 0 Å². The van der Waals surface area contributed by atoms with Crippen molar-refractivity contribution in [2.75, 3.05) is 9.80 Å². The number of ether oxygens (including phenoxy) is 4. The fourth-order valence-corrected chi connectivity index (χ4v) is 14.7. The molecule has 2 aliphatic heterocycles. The number of benzene rings is 15. The molecule has 0 radical (unpaired) electrons. The highest BCUT2D eigenvalue weighted by molar-refractivity contribution is 6.49. The summed E-state index contributed by atoms with van der Waals surface area (Å²) in [4.78, 5) is 130. The van der Waals surface area contributed by atoms with Crippen LogP contribution in [0.2, 0.25) is 0 Å². The van der Waals surface area contributed by atoms with Crippen molar-refractivity contribution in [3.05, 3.63) is 368 Å². The molecule has 0 spiro atoms. The Bertz CT molecular complexity index is 5560. The van der Waals surface area contributed by atoms with E-state index in [9.17, 15) is 0 Å². The monoisotopic (exact) mass is 1380 g/mol. The van der Waals surface area contributed by atoms with Crippen molar-refractivity contribution in [2.24, 2.45) is 0 Å². The van der Waals surface area contributed by atoms with Crippen LogP contribution in [0.25, 0.3) is 43.1 Å². The number of para-hydroxylation sites is 6. The second kappa shape index (κ2) is 26.0. The lowest BCUT2D eigenvalue weighted by Crippen LogP contribution is -2.42. The first-order chi connectivity index (χ1) is 51.6. The van der Waals surface area contributed by atoms with Gasteiger partial charge in [0.15, 0.2) is 23.1 Å². The summed E-state index contributed by atoms with van der Waals surface area (Å²) in [5, 5.41) is 1.52. The zero-order chi connectivity index (χ0) is 72.8. The van der Waals surface area contributed by atoms with Crippen LogP contribution in [0.3, 0.4) is 0 Å². The highest BCUT2D eigenvalue weighted by atomic mass is 16.5. The van der Waals surface area contributed by atoms with Gasteiger partial charge in [-0.15, -0.1) is 0 Å². The minimum atomic E-state index is -0.927. The van der Waals surface area contributed by atoms with Crippen LogP contribution in [-0.4, -0.2) is 46.8 Å². The molecule has 17 rings (SSSR count). The zero-order valence-electron chi connectivity index (χ0n) is 57.4. The first kappa shape index (κ1) is 65.1. The third-order valence-corrected chi connectivity index (χ3v) is 19.8. The molecule has 0 N–H and O–H groups in total. The molecule has 106 heavy (non-hydrogen) atoms. The van der Waals surface area contributed by atoms with Crippen LogP contribution in [0.15, 0.2) is 279 Å². The SMILES string of the molecule is Cc1ccccc1Oc1cc2c3c(cc(Oc4ccccc4C)c4c5c(Oc6ccccc6C)cc6c7c(cc(Oc8ccccc8C)c(c1c34)c75)C(=O)N(c1c(C(=O)c3ccccc3)cccc1C(=O)c1ccccc1)C6=O)C(=O)N(c1c(C(=O)c3ccccc3)cccc1C(=O)c1ccccc1)C2=O. The molecule has 0 atom stereocenters. The van der Waals surface area contributed by atoms with Gasteiger partial charge in [-0.05, 0) is 123 Å². The lowest BCUT2D eigenvalue weighted by Gasteiger charge is -2.34. The maximum Gasteiger partial charge on any atom is 0.266 e. The van der Waals surface area contributed by atoms with Crippen molar-refractivity contribution in [3.63, 3.8) is 0 Å². The number of ketones is 4. The summed E-state index contributed by atoms with van der Waals surface area (Å²) in [5.74, 6) is -4.58. The fourth-order valence-electron chi connectivity index (χ4n) is 14.7. The first-order valence-electron chi connectivity index (χ1n) is 34.4. The molecule has 0 saturated heterocycles. The van der Waals surface area contributed by atoms with E-state index in [1.807, 2.05) is 76.2 Å². The number of hydrogen-bond donors (Lipinski definition) is 0. The average molecular weight is 1380 g/mol. The van der Waals surface area contributed by atoms with Gasteiger partial charge < -0.3 is 18.9 Å². The van der Waals surface area contributed by atoms with Crippen LogP contribution in [0.5, 0.6) is 46.0 Å². The van der Waals surface area contributed by atoms with Gasteiger partial charge in [-0.1, -0.05) is 206 Å². The van der Waals surface area contributed by atoms with Crippen LogP contribution in [-0.2, 0) is 0 Å². The van der Waals surface area contributed by atoms with Gasteiger partial charge in [0.25, 0.3) is 23.6 Å². The number of imide groups is 2. The van der Waals surface area contributed by atoms with Crippen LogP contribution in [0.1, 0.15) is 127 Å². The summed E-state index contributed by atoms with van der Waals surface area (Å²) < 4.78 is 29.4. The predicted molar refractivity (Wildman–Crippen MR) is 407 cm³/mol. The molecule has 14 heteroatoms. The predicted octanol–water partition coefficient (Wildman–Crippen LogP) is 20.7. The van der Waals surface area contributed by atoms with Crippen molar-refractivity contribution in [1.29, 1.82) is 0 Å². The smallest absolute Gasteiger partial charge is 0.266 e. The molecule has 2 heterocycles. The Hall–Kier alpha value is -14.2. The minimum absolute atomic E-state index is 0.0174. The van der Waals surface area contributed by atoms with Gasteiger partial charge in [-0.25, -0.2) is 9.80 Å². The number of carbonyl (C=O) groups is 8. The van der Waals surface area contributed by atoms with Crippen LogP contribution < -0.4 is 28.7 Å². The van der Waals surface area contributed by atoms with E-state index in [1.165, 1.54) is 48.5 Å². The lowest BCUT2D eigenvalue weighted by molar-refractivity contribution is 0.0875. The number of hydrogen-bond acceptors (Lipinski definition) is 12. The summed E-state index contributed by atoms with van der Waals surface area (Å²) in [6.07, 6.45) is 0. The fraction of sp³-hybridized carbons (Fsp3) is 0.0435. The number of amides is 4. The molecule has 14 nitrogen and oxygen atoms in total. The van der Waals surface area contributed by atoms with Crippen molar-refractivity contribution in [3.8, 4) is 46.0 Å². The highest BCUT2D eigenvalue weighted by Crippen LogP contribution is 2.59. The van der Waals surface area contributed by atoms with Gasteiger partial charge >= 0.3 is 0 Å². The van der Waals surface area contributed by atoms with Crippen molar-refractivity contribution < 1.29 is 57.3 Å². The Labute approximate surface area is 606 Å². The molecule has 0 aromatic heterocycles. The Morgan fingerprint density at radius 2 is 0.434 bits per heavy atom. The summed E-state index contributed by atoms with van der Waals surface area (Å²) in [5.41, 5.74) is 2.21. The van der Waals surface area contributed by atoms with E-state index in [0.717, 1.165) is 9.80 Å². The van der Waals surface area contributed by atoms with E-state index in [0.29, 0.717) is 45.3 Å². The molecule has 2 aliphatic rings. The van der Waals surface area contributed by atoms with Crippen LogP contribution in [0.4, 0.5) is 11.4 Å². The van der Waals surface area contributed by atoms with Gasteiger partial charge in [-0.3, -0.25) is 38.4 Å². The third-order valence-electron chi connectivity index (χ3n) is 19.8. The Morgan fingerprint density at radius 3 is 0.651 bits per heavy atom. The van der Waals surface area contributed by atoms with E-state index in [1.54, 1.807) is 182 Å². The maximum atomic E-state index is 16.9. The van der Waals surface area contributed by atoms with E-state index in [-0.39, 0.29) is 144 Å². The van der Waals surface area contributed by atoms with Crippen molar-refractivity contribution in [1.82, 2.24) is 0 Å². The summed E-state index contributed by atoms with van der Waals surface area (Å²) >= 11 is 0. The summed E-state index contributed by atoms with van der Waals surface area (Å²) in [7, 11) is 0. The van der Waals surface area contributed by atoms with Gasteiger partial charge in [-0.2, -0.15) is 0 Å². The Balaban J connectivity index is 1.04. The number of nitrogens with zero attached hydrogens (tertiary/aromatic N) is 2. The number of rotatable bonds is 18. The summed E-state index contributed by atoms with van der Waals surface area (Å²) in [6.45, 7) is 7.43. The summed E-state index contributed by atoms with van der Waals surface area (Å²) in [6, 6.07) is 77.7. The molecule has 0 bridgehead atoms. The molecule has 508 valence electrons. The van der Waals surface area contributed by atoms with Crippen LogP contribution >= 0.6 is 0 Å². The lowest BCUT2D eigenvalue weighted by atomic mass is 9.80. The van der Waals surface area contributed by atoms with Gasteiger partial charge in [0.05, 0.1) is 33.6 Å². The molecular formula is C92H58N2O12.